The molecule has 0 aliphatic carbocycles. The maximum absolute atomic E-state index is 14.6. The number of ether oxygens (including phenoxy) is 1. The number of benzene rings is 1. The molecule has 0 N–H and O–H groups in total. The highest BCUT2D eigenvalue weighted by atomic mass is 19.1. The SMILES string of the molecule is Fc1ccccc1-c1cc(-c2cncc(-c3cnn(CCCN4CCOCC4)c3)c2)c2cccnc2n1. The zero-order valence-corrected chi connectivity index (χ0v) is 20.4. The van der Waals surface area contributed by atoms with Crippen molar-refractivity contribution in [3.8, 4) is 33.5 Å². The Bertz CT molecular complexity index is 1530. The van der Waals surface area contributed by atoms with Crippen molar-refractivity contribution >= 4 is 11.0 Å². The Morgan fingerprint density at radius 1 is 0.865 bits per heavy atom. The molecule has 0 amide bonds. The summed E-state index contributed by atoms with van der Waals surface area (Å²) < 4.78 is 22.0. The van der Waals surface area contributed by atoms with Crippen LogP contribution in [0.3, 0.4) is 0 Å². The van der Waals surface area contributed by atoms with Gasteiger partial charge in [0.05, 0.1) is 25.1 Å². The van der Waals surface area contributed by atoms with Gasteiger partial charge in [-0.05, 0) is 48.4 Å². The summed E-state index contributed by atoms with van der Waals surface area (Å²) in [5.41, 5.74) is 5.34. The summed E-state index contributed by atoms with van der Waals surface area (Å²) in [5, 5.41) is 5.46. The summed E-state index contributed by atoms with van der Waals surface area (Å²) in [4.78, 5) is 16.1. The van der Waals surface area contributed by atoms with Crippen LogP contribution in [-0.4, -0.2) is 62.5 Å². The van der Waals surface area contributed by atoms with Crippen molar-refractivity contribution in [1.29, 1.82) is 0 Å². The number of nitrogens with zero attached hydrogens (tertiary/aromatic N) is 6. The number of hydrogen-bond donors (Lipinski definition) is 0. The van der Waals surface area contributed by atoms with E-state index in [1.807, 2.05) is 47.5 Å². The largest absolute Gasteiger partial charge is 0.379 e. The molecule has 1 saturated heterocycles. The highest BCUT2D eigenvalue weighted by Gasteiger charge is 2.14. The second-order valence-corrected chi connectivity index (χ2v) is 9.17. The fourth-order valence-electron chi connectivity index (χ4n) is 4.76. The minimum atomic E-state index is -0.316. The van der Waals surface area contributed by atoms with Crippen LogP contribution in [0.25, 0.3) is 44.5 Å². The molecule has 0 bridgehead atoms. The highest BCUT2D eigenvalue weighted by Crippen LogP contribution is 2.33. The predicted molar refractivity (Wildman–Crippen MR) is 141 cm³/mol. The van der Waals surface area contributed by atoms with Gasteiger partial charge in [0.25, 0.3) is 0 Å². The van der Waals surface area contributed by atoms with E-state index in [1.165, 1.54) is 6.07 Å². The topological polar surface area (TPSA) is 69.0 Å². The lowest BCUT2D eigenvalue weighted by Crippen LogP contribution is -2.37. The van der Waals surface area contributed by atoms with Gasteiger partial charge in [0, 0.05) is 78.6 Å². The van der Waals surface area contributed by atoms with Gasteiger partial charge >= 0.3 is 0 Å². The molecule has 5 heterocycles. The Labute approximate surface area is 214 Å². The molecule has 0 atom stereocenters. The number of morpholine rings is 1. The van der Waals surface area contributed by atoms with E-state index in [2.05, 4.69) is 37.2 Å². The summed E-state index contributed by atoms with van der Waals surface area (Å²) in [5.74, 6) is -0.316. The Morgan fingerprint density at radius 2 is 1.73 bits per heavy atom. The van der Waals surface area contributed by atoms with Gasteiger partial charge in [0.1, 0.15) is 5.82 Å². The molecule has 1 aliphatic heterocycles. The van der Waals surface area contributed by atoms with Crippen LogP contribution in [0.1, 0.15) is 6.42 Å². The quantitative estimate of drug-likeness (QED) is 0.314. The van der Waals surface area contributed by atoms with E-state index in [1.54, 1.807) is 18.3 Å². The van der Waals surface area contributed by atoms with Crippen molar-refractivity contribution in [2.24, 2.45) is 0 Å². The minimum Gasteiger partial charge on any atom is -0.379 e. The van der Waals surface area contributed by atoms with Gasteiger partial charge < -0.3 is 4.74 Å². The summed E-state index contributed by atoms with van der Waals surface area (Å²) in [6, 6.07) is 14.5. The molecule has 8 heteroatoms. The van der Waals surface area contributed by atoms with E-state index in [9.17, 15) is 4.39 Å². The Morgan fingerprint density at radius 3 is 2.62 bits per heavy atom. The first-order chi connectivity index (χ1) is 18.2. The molecule has 4 aromatic heterocycles. The van der Waals surface area contributed by atoms with Crippen molar-refractivity contribution in [2.45, 2.75) is 13.0 Å². The first kappa shape index (κ1) is 23.4. The van der Waals surface area contributed by atoms with Gasteiger partial charge in [0.15, 0.2) is 5.65 Å². The standard InChI is InChI=1S/C29H27FN6O/c30-27-7-2-1-5-25(27)28-16-26(24-6-3-8-32-29(24)34-28)22-15-21(17-31-18-22)23-19-33-36(20-23)10-4-9-35-11-13-37-14-12-35/h1-3,5-8,15-20H,4,9-14H2. The van der Waals surface area contributed by atoms with E-state index in [-0.39, 0.29) is 5.82 Å². The lowest BCUT2D eigenvalue weighted by molar-refractivity contribution is 0.0368. The molecule has 1 aliphatic rings. The molecule has 0 saturated carbocycles. The molecular weight excluding hydrogens is 467 g/mol. The van der Waals surface area contributed by atoms with Crippen LogP contribution in [0.5, 0.6) is 0 Å². The van der Waals surface area contributed by atoms with E-state index in [0.29, 0.717) is 16.9 Å². The fraction of sp³-hybridized carbons (Fsp3) is 0.241. The zero-order valence-electron chi connectivity index (χ0n) is 20.4. The Kier molecular flexibility index (Phi) is 6.66. The van der Waals surface area contributed by atoms with Crippen LogP contribution in [-0.2, 0) is 11.3 Å². The van der Waals surface area contributed by atoms with Crippen LogP contribution < -0.4 is 0 Å². The predicted octanol–water partition coefficient (Wildman–Crippen LogP) is 5.08. The van der Waals surface area contributed by atoms with Crippen LogP contribution >= 0.6 is 0 Å². The number of hydrogen-bond acceptors (Lipinski definition) is 6. The normalized spacial score (nSPS) is 14.3. The number of aromatic nitrogens is 5. The van der Waals surface area contributed by atoms with Gasteiger partial charge in [-0.2, -0.15) is 5.10 Å². The van der Waals surface area contributed by atoms with Crippen molar-refractivity contribution in [1.82, 2.24) is 29.6 Å². The first-order valence-corrected chi connectivity index (χ1v) is 12.5. The maximum Gasteiger partial charge on any atom is 0.160 e. The van der Waals surface area contributed by atoms with Crippen molar-refractivity contribution in [2.75, 3.05) is 32.8 Å². The molecule has 1 aromatic carbocycles. The van der Waals surface area contributed by atoms with Crippen LogP contribution in [0.4, 0.5) is 4.39 Å². The lowest BCUT2D eigenvalue weighted by atomic mass is 9.99. The average molecular weight is 495 g/mol. The summed E-state index contributed by atoms with van der Waals surface area (Å²) in [7, 11) is 0. The highest BCUT2D eigenvalue weighted by molar-refractivity contribution is 5.95. The van der Waals surface area contributed by atoms with Gasteiger partial charge in [-0.3, -0.25) is 14.6 Å². The molecule has 7 nitrogen and oxygen atoms in total. The second kappa shape index (κ2) is 10.5. The monoisotopic (exact) mass is 494 g/mol. The summed E-state index contributed by atoms with van der Waals surface area (Å²) in [6.45, 7) is 5.54. The third kappa shape index (κ3) is 5.12. The van der Waals surface area contributed by atoms with Crippen LogP contribution in [0, 0.1) is 5.82 Å². The molecule has 5 aromatic rings. The van der Waals surface area contributed by atoms with Crippen molar-refractivity contribution < 1.29 is 9.13 Å². The number of pyridine rings is 3. The number of halogens is 1. The fourth-order valence-corrected chi connectivity index (χ4v) is 4.76. The van der Waals surface area contributed by atoms with Gasteiger partial charge in [-0.15, -0.1) is 0 Å². The van der Waals surface area contributed by atoms with Crippen molar-refractivity contribution in [3.63, 3.8) is 0 Å². The molecule has 1 fully saturated rings. The molecule has 0 spiro atoms. The second-order valence-electron chi connectivity index (χ2n) is 9.17. The Hall–Kier alpha value is -4.01. The first-order valence-electron chi connectivity index (χ1n) is 12.5. The van der Waals surface area contributed by atoms with Crippen LogP contribution in [0.15, 0.2) is 79.5 Å². The van der Waals surface area contributed by atoms with E-state index in [0.717, 1.165) is 73.5 Å². The van der Waals surface area contributed by atoms with Gasteiger partial charge in [0.2, 0.25) is 0 Å². The number of rotatable bonds is 7. The lowest BCUT2D eigenvalue weighted by Gasteiger charge is -2.26. The van der Waals surface area contributed by atoms with Crippen LogP contribution in [0.2, 0.25) is 0 Å². The third-order valence-electron chi connectivity index (χ3n) is 6.72. The van der Waals surface area contributed by atoms with E-state index in [4.69, 9.17) is 4.74 Å². The number of aryl methyl sites for hydroxylation is 1. The molecular formula is C29H27FN6O. The van der Waals surface area contributed by atoms with Gasteiger partial charge in [-0.25, -0.2) is 14.4 Å². The van der Waals surface area contributed by atoms with E-state index < -0.39 is 0 Å². The third-order valence-corrected chi connectivity index (χ3v) is 6.72. The number of fused-ring (bicyclic) bond motifs is 1. The maximum atomic E-state index is 14.6. The zero-order chi connectivity index (χ0) is 25.0. The smallest absolute Gasteiger partial charge is 0.160 e. The molecule has 0 unspecified atom stereocenters. The molecule has 186 valence electrons. The molecule has 37 heavy (non-hydrogen) atoms. The van der Waals surface area contributed by atoms with Gasteiger partial charge in [-0.1, -0.05) is 12.1 Å². The molecule has 0 radical (unpaired) electrons. The van der Waals surface area contributed by atoms with Crippen molar-refractivity contribution in [3.05, 3.63) is 85.3 Å². The average Bonchev–Trinajstić information content (AvgIpc) is 3.42. The Balaban J connectivity index is 1.29. The summed E-state index contributed by atoms with van der Waals surface area (Å²) >= 11 is 0. The van der Waals surface area contributed by atoms with E-state index >= 15 is 0 Å². The summed E-state index contributed by atoms with van der Waals surface area (Å²) in [6.07, 6.45) is 10.4. The molecule has 6 rings (SSSR count). The minimum absolute atomic E-state index is 0.316.